The standard InChI is InChI=1S/C16H22N2O4/c1-12-3-5-14(6-4-12)22-11-15(19)18-9-7-13(8-10-18)17-16(20)21-2/h3-6,13H,7-11H2,1-2H3,(H,17,20). The number of piperidine rings is 1. The zero-order valence-electron chi connectivity index (χ0n) is 13.0. The fraction of sp³-hybridized carbons (Fsp3) is 0.500. The van der Waals surface area contributed by atoms with E-state index in [2.05, 4.69) is 10.1 Å². The lowest BCUT2D eigenvalue weighted by Crippen LogP contribution is -2.47. The zero-order valence-corrected chi connectivity index (χ0v) is 13.0. The first-order valence-corrected chi connectivity index (χ1v) is 7.40. The first-order valence-electron chi connectivity index (χ1n) is 7.40. The van der Waals surface area contributed by atoms with Crippen LogP contribution in [0.1, 0.15) is 18.4 Å². The van der Waals surface area contributed by atoms with Gasteiger partial charge in [0.2, 0.25) is 0 Å². The lowest BCUT2D eigenvalue weighted by molar-refractivity contribution is -0.134. The molecule has 6 nitrogen and oxygen atoms in total. The number of alkyl carbamates (subject to hydrolysis) is 1. The van der Waals surface area contributed by atoms with E-state index >= 15 is 0 Å². The van der Waals surface area contributed by atoms with E-state index in [9.17, 15) is 9.59 Å². The Morgan fingerprint density at radius 3 is 2.45 bits per heavy atom. The minimum absolute atomic E-state index is 0.0305. The predicted molar refractivity (Wildman–Crippen MR) is 81.8 cm³/mol. The summed E-state index contributed by atoms with van der Waals surface area (Å²) < 4.78 is 10.1. The smallest absolute Gasteiger partial charge is 0.407 e. The summed E-state index contributed by atoms with van der Waals surface area (Å²) >= 11 is 0. The lowest BCUT2D eigenvalue weighted by Gasteiger charge is -2.32. The van der Waals surface area contributed by atoms with Gasteiger partial charge >= 0.3 is 6.09 Å². The van der Waals surface area contributed by atoms with E-state index in [1.165, 1.54) is 7.11 Å². The third-order valence-corrected chi connectivity index (χ3v) is 3.74. The highest BCUT2D eigenvalue weighted by molar-refractivity contribution is 5.78. The third kappa shape index (κ3) is 4.65. The molecule has 1 aliphatic rings. The maximum Gasteiger partial charge on any atom is 0.407 e. The number of likely N-dealkylation sites (tertiary alicyclic amines) is 1. The Labute approximate surface area is 130 Å². The van der Waals surface area contributed by atoms with Gasteiger partial charge in [-0.1, -0.05) is 17.7 Å². The number of hydrogen-bond acceptors (Lipinski definition) is 4. The molecule has 0 saturated carbocycles. The van der Waals surface area contributed by atoms with Crippen LogP contribution >= 0.6 is 0 Å². The fourth-order valence-corrected chi connectivity index (χ4v) is 2.37. The molecule has 2 amide bonds. The predicted octanol–water partition coefficient (Wildman–Crippen LogP) is 1.72. The molecule has 2 rings (SSSR count). The molecule has 0 bridgehead atoms. The van der Waals surface area contributed by atoms with Crippen LogP contribution in [-0.4, -0.2) is 49.7 Å². The third-order valence-electron chi connectivity index (χ3n) is 3.74. The Hall–Kier alpha value is -2.24. The number of nitrogens with zero attached hydrogens (tertiary/aromatic N) is 1. The summed E-state index contributed by atoms with van der Waals surface area (Å²) in [7, 11) is 1.34. The van der Waals surface area contributed by atoms with E-state index in [1.807, 2.05) is 31.2 Å². The average molecular weight is 306 g/mol. The van der Waals surface area contributed by atoms with Crippen LogP contribution in [0.25, 0.3) is 0 Å². The van der Waals surface area contributed by atoms with Crippen molar-refractivity contribution in [2.45, 2.75) is 25.8 Å². The minimum atomic E-state index is -0.424. The van der Waals surface area contributed by atoms with Crippen molar-refractivity contribution in [2.75, 3.05) is 26.8 Å². The second-order valence-electron chi connectivity index (χ2n) is 5.39. The monoisotopic (exact) mass is 306 g/mol. The molecule has 0 spiro atoms. The Bertz CT molecular complexity index is 507. The molecule has 0 radical (unpaired) electrons. The molecule has 120 valence electrons. The van der Waals surface area contributed by atoms with Crippen LogP contribution in [0.4, 0.5) is 4.79 Å². The van der Waals surface area contributed by atoms with Crippen LogP contribution in [0.2, 0.25) is 0 Å². The normalized spacial score (nSPS) is 15.3. The highest BCUT2D eigenvalue weighted by Crippen LogP contribution is 2.13. The highest BCUT2D eigenvalue weighted by Gasteiger charge is 2.24. The van der Waals surface area contributed by atoms with Gasteiger partial charge < -0.3 is 19.7 Å². The summed E-state index contributed by atoms with van der Waals surface area (Å²) in [4.78, 5) is 25.0. The van der Waals surface area contributed by atoms with Crippen LogP contribution in [-0.2, 0) is 9.53 Å². The topological polar surface area (TPSA) is 67.9 Å². The number of methoxy groups -OCH3 is 1. The van der Waals surface area contributed by atoms with E-state index in [0.29, 0.717) is 18.8 Å². The van der Waals surface area contributed by atoms with Crippen molar-refractivity contribution < 1.29 is 19.1 Å². The maximum atomic E-state index is 12.1. The van der Waals surface area contributed by atoms with Gasteiger partial charge in [0.25, 0.3) is 5.91 Å². The number of aryl methyl sites for hydroxylation is 1. The van der Waals surface area contributed by atoms with E-state index in [4.69, 9.17) is 4.74 Å². The van der Waals surface area contributed by atoms with E-state index in [-0.39, 0.29) is 18.6 Å². The molecule has 0 atom stereocenters. The molecule has 1 fully saturated rings. The summed E-state index contributed by atoms with van der Waals surface area (Å²) in [6.45, 7) is 3.27. The largest absolute Gasteiger partial charge is 0.484 e. The SMILES string of the molecule is COC(=O)NC1CCN(C(=O)COc2ccc(C)cc2)CC1. The first kappa shape index (κ1) is 16.1. The fourth-order valence-electron chi connectivity index (χ4n) is 2.37. The van der Waals surface area contributed by atoms with Gasteiger partial charge in [0.1, 0.15) is 5.75 Å². The molecule has 0 unspecified atom stereocenters. The van der Waals surface area contributed by atoms with Crippen molar-refractivity contribution >= 4 is 12.0 Å². The van der Waals surface area contributed by atoms with Gasteiger partial charge in [-0.3, -0.25) is 4.79 Å². The molecule has 1 aromatic rings. The summed E-state index contributed by atoms with van der Waals surface area (Å²) in [5.41, 5.74) is 1.15. The van der Waals surface area contributed by atoms with E-state index in [0.717, 1.165) is 18.4 Å². The highest BCUT2D eigenvalue weighted by atomic mass is 16.5. The van der Waals surface area contributed by atoms with Crippen LogP contribution in [0.3, 0.4) is 0 Å². The summed E-state index contributed by atoms with van der Waals surface area (Å²) in [5.74, 6) is 0.665. The molecular weight excluding hydrogens is 284 g/mol. The Balaban J connectivity index is 1.73. The zero-order chi connectivity index (χ0) is 15.9. The van der Waals surface area contributed by atoms with Crippen LogP contribution in [0.5, 0.6) is 5.75 Å². The van der Waals surface area contributed by atoms with Gasteiger partial charge in [-0.2, -0.15) is 0 Å². The molecule has 6 heteroatoms. The molecule has 0 aliphatic carbocycles. The molecule has 1 N–H and O–H groups in total. The van der Waals surface area contributed by atoms with Gasteiger partial charge in [0.05, 0.1) is 7.11 Å². The van der Waals surface area contributed by atoms with Gasteiger partial charge in [0.15, 0.2) is 6.61 Å². The van der Waals surface area contributed by atoms with E-state index < -0.39 is 6.09 Å². The summed E-state index contributed by atoms with van der Waals surface area (Å²) in [5, 5.41) is 2.76. The number of carbonyl (C=O) groups is 2. The Kier molecular flexibility index (Phi) is 5.63. The second kappa shape index (κ2) is 7.68. The number of benzene rings is 1. The van der Waals surface area contributed by atoms with Crippen molar-refractivity contribution in [2.24, 2.45) is 0 Å². The van der Waals surface area contributed by atoms with Crippen molar-refractivity contribution in [3.05, 3.63) is 29.8 Å². The van der Waals surface area contributed by atoms with Crippen LogP contribution < -0.4 is 10.1 Å². The van der Waals surface area contributed by atoms with Crippen molar-refractivity contribution in [1.82, 2.24) is 10.2 Å². The molecular formula is C16H22N2O4. The minimum Gasteiger partial charge on any atom is -0.484 e. The quantitative estimate of drug-likeness (QED) is 0.919. The van der Waals surface area contributed by atoms with E-state index in [1.54, 1.807) is 4.90 Å². The molecule has 1 saturated heterocycles. The van der Waals surface area contributed by atoms with Crippen molar-refractivity contribution in [3.63, 3.8) is 0 Å². The number of amides is 2. The number of ether oxygens (including phenoxy) is 2. The number of hydrogen-bond donors (Lipinski definition) is 1. The number of carbonyl (C=O) groups excluding carboxylic acids is 2. The Morgan fingerprint density at radius 2 is 1.86 bits per heavy atom. The lowest BCUT2D eigenvalue weighted by atomic mass is 10.1. The van der Waals surface area contributed by atoms with Gasteiger partial charge in [-0.15, -0.1) is 0 Å². The molecule has 1 aliphatic heterocycles. The Morgan fingerprint density at radius 1 is 1.23 bits per heavy atom. The number of nitrogens with one attached hydrogen (secondary N) is 1. The average Bonchev–Trinajstić information content (AvgIpc) is 2.54. The molecule has 0 aromatic heterocycles. The van der Waals surface area contributed by atoms with Crippen LogP contribution in [0, 0.1) is 6.92 Å². The molecule has 1 heterocycles. The second-order valence-corrected chi connectivity index (χ2v) is 5.39. The van der Waals surface area contributed by atoms with Crippen molar-refractivity contribution in [3.8, 4) is 5.75 Å². The molecule has 22 heavy (non-hydrogen) atoms. The first-order chi connectivity index (χ1) is 10.6. The number of rotatable bonds is 4. The van der Waals surface area contributed by atoms with Gasteiger partial charge in [-0.25, -0.2) is 4.79 Å². The molecule has 1 aromatic carbocycles. The van der Waals surface area contributed by atoms with Crippen molar-refractivity contribution in [1.29, 1.82) is 0 Å². The summed E-state index contributed by atoms with van der Waals surface area (Å²) in [6, 6.07) is 7.67. The van der Waals surface area contributed by atoms with Gasteiger partial charge in [-0.05, 0) is 31.9 Å². The van der Waals surface area contributed by atoms with Crippen LogP contribution in [0.15, 0.2) is 24.3 Å². The van der Waals surface area contributed by atoms with Gasteiger partial charge in [0, 0.05) is 19.1 Å². The summed E-state index contributed by atoms with van der Waals surface area (Å²) in [6.07, 6.45) is 1.03. The maximum absolute atomic E-state index is 12.1.